The van der Waals surface area contributed by atoms with E-state index in [0.717, 1.165) is 17.3 Å². The first kappa shape index (κ1) is 7.76. The molecule has 64 valence electrons. The lowest BCUT2D eigenvalue weighted by molar-refractivity contribution is 0.473. The van der Waals surface area contributed by atoms with E-state index < -0.39 is 0 Å². The Morgan fingerprint density at radius 3 is 3.25 bits per heavy atom. The molecular weight excluding hydrogens is 172 g/mol. The molecule has 0 fully saturated rings. The molecule has 1 aliphatic heterocycles. The van der Waals surface area contributed by atoms with Gasteiger partial charge in [-0.25, -0.2) is 4.72 Å². The van der Waals surface area contributed by atoms with Crippen LogP contribution in [0.25, 0.3) is 0 Å². The van der Waals surface area contributed by atoms with E-state index >= 15 is 0 Å². The van der Waals surface area contributed by atoms with Crippen LogP contribution in [-0.2, 0) is 0 Å². The quantitative estimate of drug-likeness (QED) is 0.594. The van der Waals surface area contributed by atoms with Crippen LogP contribution in [0.2, 0.25) is 0 Å². The standard InChI is InChI=1S/C8H10N2OS/c1-10-5-9-12-8-4-6(11)2-3-7(8)10/h2-4,9,11H,5H2,1H3. The summed E-state index contributed by atoms with van der Waals surface area (Å²) in [4.78, 5) is 3.18. The Labute approximate surface area is 75.5 Å². The Morgan fingerprint density at radius 2 is 2.42 bits per heavy atom. The van der Waals surface area contributed by atoms with Gasteiger partial charge in [0.1, 0.15) is 5.75 Å². The van der Waals surface area contributed by atoms with Gasteiger partial charge in [0.2, 0.25) is 0 Å². The molecule has 1 aliphatic rings. The van der Waals surface area contributed by atoms with Crippen LogP contribution in [0.5, 0.6) is 5.75 Å². The van der Waals surface area contributed by atoms with Crippen molar-refractivity contribution in [2.24, 2.45) is 0 Å². The molecule has 0 aliphatic carbocycles. The van der Waals surface area contributed by atoms with Gasteiger partial charge in [-0.05, 0) is 30.1 Å². The second-order valence-corrected chi connectivity index (χ2v) is 3.69. The largest absolute Gasteiger partial charge is 0.508 e. The number of hydrogen-bond acceptors (Lipinski definition) is 4. The number of phenols is 1. The van der Waals surface area contributed by atoms with Crippen LogP contribution in [0.4, 0.5) is 5.69 Å². The van der Waals surface area contributed by atoms with Crippen molar-refractivity contribution in [3.8, 4) is 5.75 Å². The maximum atomic E-state index is 9.21. The fourth-order valence-electron chi connectivity index (χ4n) is 1.19. The smallest absolute Gasteiger partial charge is 0.116 e. The van der Waals surface area contributed by atoms with Crippen molar-refractivity contribution in [3.63, 3.8) is 0 Å². The summed E-state index contributed by atoms with van der Waals surface area (Å²) in [6, 6.07) is 5.41. The molecular formula is C8H10N2OS. The average Bonchev–Trinajstić information content (AvgIpc) is 2.04. The Kier molecular flexibility index (Phi) is 1.86. The van der Waals surface area contributed by atoms with E-state index in [9.17, 15) is 5.11 Å². The molecule has 3 nitrogen and oxygen atoms in total. The normalized spacial score (nSPS) is 15.9. The molecule has 2 rings (SSSR count). The van der Waals surface area contributed by atoms with Gasteiger partial charge in [-0.15, -0.1) is 0 Å². The van der Waals surface area contributed by atoms with E-state index in [4.69, 9.17) is 0 Å². The minimum atomic E-state index is 0.318. The van der Waals surface area contributed by atoms with Gasteiger partial charge in [0.05, 0.1) is 12.4 Å². The minimum Gasteiger partial charge on any atom is -0.508 e. The highest BCUT2D eigenvalue weighted by Crippen LogP contribution is 2.33. The summed E-state index contributed by atoms with van der Waals surface area (Å²) in [5, 5.41) is 9.21. The predicted molar refractivity (Wildman–Crippen MR) is 50.4 cm³/mol. The molecule has 4 heteroatoms. The third-order valence-corrected chi connectivity index (χ3v) is 2.66. The third-order valence-electron chi connectivity index (χ3n) is 1.84. The van der Waals surface area contributed by atoms with Crippen LogP contribution in [0, 0.1) is 0 Å². The van der Waals surface area contributed by atoms with Gasteiger partial charge >= 0.3 is 0 Å². The Balaban J connectivity index is 2.46. The average molecular weight is 182 g/mol. The molecule has 0 aromatic heterocycles. The summed E-state index contributed by atoms with van der Waals surface area (Å²) in [5.41, 5.74) is 1.16. The monoisotopic (exact) mass is 182 g/mol. The lowest BCUT2D eigenvalue weighted by atomic mass is 10.3. The molecule has 0 spiro atoms. The maximum absolute atomic E-state index is 9.21. The number of hydrogen-bond donors (Lipinski definition) is 2. The molecule has 0 radical (unpaired) electrons. The highest BCUT2D eigenvalue weighted by molar-refractivity contribution is 7.97. The van der Waals surface area contributed by atoms with E-state index in [-0.39, 0.29) is 0 Å². The highest BCUT2D eigenvalue weighted by atomic mass is 32.2. The van der Waals surface area contributed by atoms with Gasteiger partial charge in [-0.3, -0.25) is 0 Å². The Morgan fingerprint density at radius 1 is 1.58 bits per heavy atom. The van der Waals surface area contributed by atoms with E-state index in [1.165, 1.54) is 0 Å². The van der Waals surface area contributed by atoms with Crippen molar-refractivity contribution in [1.29, 1.82) is 0 Å². The zero-order valence-corrected chi connectivity index (χ0v) is 7.56. The number of nitrogens with zero attached hydrogens (tertiary/aromatic N) is 1. The summed E-state index contributed by atoms with van der Waals surface area (Å²) >= 11 is 1.55. The first-order valence-electron chi connectivity index (χ1n) is 3.71. The molecule has 0 amide bonds. The molecule has 12 heavy (non-hydrogen) atoms. The third kappa shape index (κ3) is 1.23. The molecule has 0 saturated heterocycles. The molecule has 2 N–H and O–H groups in total. The second kappa shape index (κ2) is 2.88. The molecule has 1 aromatic carbocycles. The van der Waals surface area contributed by atoms with E-state index in [1.807, 2.05) is 13.1 Å². The van der Waals surface area contributed by atoms with Crippen LogP contribution in [0.1, 0.15) is 0 Å². The number of rotatable bonds is 0. The SMILES string of the molecule is CN1CNSc2cc(O)ccc21. The zero-order valence-electron chi connectivity index (χ0n) is 6.74. The second-order valence-electron chi connectivity index (χ2n) is 2.75. The van der Waals surface area contributed by atoms with Gasteiger partial charge < -0.3 is 10.0 Å². The lowest BCUT2D eigenvalue weighted by Crippen LogP contribution is -2.30. The summed E-state index contributed by atoms with van der Waals surface area (Å²) in [7, 11) is 2.02. The van der Waals surface area contributed by atoms with Gasteiger partial charge in [0.15, 0.2) is 0 Å². The highest BCUT2D eigenvalue weighted by Gasteiger charge is 2.13. The van der Waals surface area contributed by atoms with E-state index in [1.54, 1.807) is 24.1 Å². The van der Waals surface area contributed by atoms with Crippen molar-refractivity contribution in [1.82, 2.24) is 4.72 Å². The summed E-state index contributed by atoms with van der Waals surface area (Å²) in [5.74, 6) is 0.318. The van der Waals surface area contributed by atoms with Gasteiger partial charge in [-0.1, -0.05) is 0 Å². The van der Waals surface area contributed by atoms with Gasteiger partial charge in [0.25, 0.3) is 0 Å². The van der Waals surface area contributed by atoms with Crippen LogP contribution >= 0.6 is 11.9 Å². The van der Waals surface area contributed by atoms with Crippen molar-refractivity contribution >= 4 is 17.6 Å². The Bertz CT molecular complexity index is 303. The predicted octanol–water partition coefficient (Wildman–Crippen LogP) is 1.40. The number of fused-ring (bicyclic) bond motifs is 1. The molecule has 1 heterocycles. The van der Waals surface area contributed by atoms with E-state index in [0.29, 0.717) is 5.75 Å². The van der Waals surface area contributed by atoms with Crippen molar-refractivity contribution in [3.05, 3.63) is 18.2 Å². The summed E-state index contributed by atoms with van der Waals surface area (Å²) < 4.78 is 3.15. The number of benzene rings is 1. The van der Waals surface area contributed by atoms with Gasteiger partial charge in [0, 0.05) is 11.9 Å². The maximum Gasteiger partial charge on any atom is 0.116 e. The number of nitrogens with one attached hydrogen (secondary N) is 1. The number of phenolic OH excluding ortho intramolecular Hbond substituents is 1. The number of aromatic hydroxyl groups is 1. The first-order chi connectivity index (χ1) is 5.77. The minimum absolute atomic E-state index is 0.318. The lowest BCUT2D eigenvalue weighted by Gasteiger charge is -2.27. The van der Waals surface area contributed by atoms with Gasteiger partial charge in [-0.2, -0.15) is 0 Å². The molecule has 0 bridgehead atoms. The van der Waals surface area contributed by atoms with Crippen molar-refractivity contribution in [2.75, 3.05) is 18.6 Å². The van der Waals surface area contributed by atoms with Crippen LogP contribution in [-0.4, -0.2) is 18.8 Å². The number of anilines is 1. The molecule has 0 atom stereocenters. The summed E-state index contributed by atoms with van der Waals surface area (Å²) in [6.07, 6.45) is 0. The first-order valence-corrected chi connectivity index (χ1v) is 4.53. The van der Waals surface area contributed by atoms with E-state index in [2.05, 4.69) is 9.62 Å². The van der Waals surface area contributed by atoms with Crippen LogP contribution in [0.3, 0.4) is 0 Å². The molecule has 0 saturated carbocycles. The van der Waals surface area contributed by atoms with Crippen LogP contribution in [0.15, 0.2) is 23.1 Å². The topological polar surface area (TPSA) is 35.5 Å². The van der Waals surface area contributed by atoms with Crippen molar-refractivity contribution < 1.29 is 5.11 Å². The molecule has 1 aromatic rings. The Hall–Kier alpha value is -0.870. The van der Waals surface area contributed by atoms with Crippen LogP contribution < -0.4 is 9.62 Å². The molecule has 0 unspecified atom stereocenters. The fraction of sp³-hybridized carbons (Fsp3) is 0.250. The summed E-state index contributed by atoms with van der Waals surface area (Å²) in [6.45, 7) is 0.836. The van der Waals surface area contributed by atoms with Crippen molar-refractivity contribution in [2.45, 2.75) is 4.90 Å². The fourth-order valence-corrected chi connectivity index (χ4v) is 2.11. The zero-order chi connectivity index (χ0) is 8.55.